The molecule has 0 heterocycles. The minimum absolute atomic E-state index is 0.0253. The molecular formula is C29H36O6. The zero-order valence-corrected chi connectivity index (χ0v) is 20.8. The second kappa shape index (κ2) is 8.13. The van der Waals surface area contributed by atoms with Crippen molar-refractivity contribution in [1.82, 2.24) is 0 Å². The number of hydrogen-bond donors (Lipinski definition) is 4. The third-order valence-corrected chi connectivity index (χ3v) is 9.61. The van der Waals surface area contributed by atoms with Crippen LogP contribution >= 0.6 is 0 Å². The first kappa shape index (κ1) is 24.4. The Morgan fingerprint density at radius 3 is 2.54 bits per heavy atom. The van der Waals surface area contributed by atoms with Gasteiger partial charge < -0.3 is 25.2 Å². The van der Waals surface area contributed by atoms with Gasteiger partial charge in [-0.15, -0.1) is 0 Å². The predicted octanol–water partition coefficient (Wildman–Crippen LogP) is 2.87. The van der Waals surface area contributed by atoms with E-state index in [0.29, 0.717) is 11.5 Å². The number of carbonyl (C=O) groups excluding carboxylic acids is 1. The molecule has 1 spiro atoms. The first-order valence-electron chi connectivity index (χ1n) is 12.5. The summed E-state index contributed by atoms with van der Waals surface area (Å²) in [6.07, 6.45) is 3.65. The standard InChI is InChI=1S/C29H36O6/c1-16-14-28-17(2)12-21-23(27(21,3)4)20(25(28)33)13-19(15-30)24(32)29(28,34)26(16)35-22(31)11-10-18-8-6-5-7-9-18/h5-11,13-14,17,20-21,23-26,30,32-34H,12,15H2,1-4H3/b11-10+/t17-,20+,21-,23+,24-,25?,26+,28+,29+/m1/s1. The summed E-state index contributed by atoms with van der Waals surface area (Å²) >= 11 is 0. The highest BCUT2D eigenvalue weighted by Crippen LogP contribution is 2.72. The third kappa shape index (κ3) is 3.27. The molecule has 0 aromatic heterocycles. The quantitative estimate of drug-likeness (QED) is 0.300. The van der Waals surface area contributed by atoms with E-state index in [0.717, 1.165) is 12.0 Å². The van der Waals surface area contributed by atoms with Crippen LogP contribution in [0.4, 0.5) is 0 Å². The van der Waals surface area contributed by atoms with Crippen molar-refractivity contribution in [2.45, 2.75) is 58.0 Å². The molecule has 2 bridgehead atoms. The van der Waals surface area contributed by atoms with Crippen LogP contribution in [0, 0.1) is 34.5 Å². The van der Waals surface area contributed by atoms with Gasteiger partial charge in [0.1, 0.15) is 11.7 Å². The predicted molar refractivity (Wildman–Crippen MR) is 132 cm³/mol. The molecular weight excluding hydrogens is 444 g/mol. The lowest BCUT2D eigenvalue weighted by Crippen LogP contribution is -2.66. The Bertz CT molecular complexity index is 1100. The Balaban J connectivity index is 1.55. The molecule has 6 nitrogen and oxygen atoms in total. The van der Waals surface area contributed by atoms with Gasteiger partial charge in [-0.25, -0.2) is 4.79 Å². The summed E-state index contributed by atoms with van der Waals surface area (Å²) in [6, 6.07) is 9.33. The minimum atomic E-state index is -2.02. The van der Waals surface area contributed by atoms with Gasteiger partial charge in [0, 0.05) is 12.0 Å². The van der Waals surface area contributed by atoms with Crippen molar-refractivity contribution in [2.75, 3.05) is 6.61 Å². The summed E-state index contributed by atoms with van der Waals surface area (Å²) in [4.78, 5) is 12.9. The van der Waals surface area contributed by atoms with E-state index < -0.39 is 41.9 Å². The van der Waals surface area contributed by atoms with Crippen LogP contribution in [0.15, 0.2) is 59.7 Å². The molecule has 1 aromatic rings. The molecule has 0 radical (unpaired) electrons. The van der Waals surface area contributed by atoms with Crippen LogP contribution in [0.5, 0.6) is 0 Å². The van der Waals surface area contributed by atoms with Crippen LogP contribution in [0.3, 0.4) is 0 Å². The molecule has 2 fully saturated rings. The maximum Gasteiger partial charge on any atom is 0.331 e. The number of aliphatic hydroxyl groups is 4. The average Bonchev–Trinajstić information content (AvgIpc) is 3.32. The summed E-state index contributed by atoms with van der Waals surface area (Å²) < 4.78 is 5.82. The molecule has 0 aliphatic heterocycles. The van der Waals surface area contributed by atoms with Crippen LogP contribution in [-0.2, 0) is 9.53 Å². The van der Waals surface area contributed by atoms with Gasteiger partial charge in [0.2, 0.25) is 0 Å². The van der Waals surface area contributed by atoms with E-state index in [1.807, 2.05) is 43.3 Å². The molecule has 0 saturated heterocycles. The normalized spacial score (nSPS) is 43.4. The Labute approximate surface area is 206 Å². The van der Waals surface area contributed by atoms with Crippen LogP contribution in [0.1, 0.15) is 39.7 Å². The van der Waals surface area contributed by atoms with E-state index >= 15 is 0 Å². The van der Waals surface area contributed by atoms with Crippen molar-refractivity contribution >= 4 is 12.0 Å². The highest BCUT2D eigenvalue weighted by molar-refractivity contribution is 5.87. The lowest BCUT2D eigenvalue weighted by molar-refractivity contribution is -0.223. The number of hydrogen-bond acceptors (Lipinski definition) is 6. The lowest BCUT2D eigenvalue weighted by Gasteiger charge is -2.52. The maximum absolute atomic E-state index is 12.9. The van der Waals surface area contributed by atoms with E-state index in [1.165, 1.54) is 6.08 Å². The van der Waals surface area contributed by atoms with Crippen LogP contribution < -0.4 is 0 Å². The molecule has 1 unspecified atom stereocenters. The smallest absolute Gasteiger partial charge is 0.331 e. The summed E-state index contributed by atoms with van der Waals surface area (Å²) in [5, 5.41) is 46.1. The summed E-state index contributed by atoms with van der Waals surface area (Å²) in [5.74, 6) is -0.640. The Kier molecular flexibility index (Phi) is 5.68. The first-order valence-corrected chi connectivity index (χ1v) is 12.5. The third-order valence-electron chi connectivity index (χ3n) is 9.61. The summed E-state index contributed by atoms with van der Waals surface area (Å²) in [5.41, 5.74) is -1.54. The van der Waals surface area contributed by atoms with E-state index in [1.54, 1.807) is 19.1 Å². The minimum Gasteiger partial charge on any atom is -0.451 e. The first-order chi connectivity index (χ1) is 16.5. The Morgan fingerprint density at radius 2 is 1.89 bits per heavy atom. The lowest BCUT2D eigenvalue weighted by atomic mass is 9.58. The number of carbonyl (C=O) groups is 1. The number of fused-ring (bicyclic) bond motifs is 3. The van der Waals surface area contributed by atoms with Gasteiger partial charge >= 0.3 is 5.97 Å². The number of ether oxygens (including phenoxy) is 1. The molecule has 9 atom stereocenters. The molecule has 2 saturated carbocycles. The fourth-order valence-corrected chi connectivity index (χ4v) is 7.79. The van der Waals surface area contributed by atoms with Gasteiger partial charge in [-0.2, -0.15) is 0 Å². The Morgan fingerprint density at radius 1 is 1.20 bits per heavy atom. The number of rotatable bonds is 4. The fourth-order valence-electron chi connectivity index (χ4n) is 7.79. The van der Waals surface area contributed by atoms with Gasteiger partial charge in [0.25, 0.3) is 0 Å². The fraction of sp³-hybridized carbons (Fsp3) is 0.552. The highest BCUT2D eigenvalue weighted by Gasteiger charge is 2.76. The van der Waals surface area contributed by atoms with E-state index in [-0.39, 0.29) is 28.7 Å². The second-order valence-corrected chi connectivity index (χ2v) is 11.6. The molecule has 4 aliphatic rings. The van der Waals surface area contributed by atoms with Crippen molar-refractivity contribution in [1.29, 1.82) is 0 Å². The molecule has 6 heteroatoms. The second-order valence-electron chi connectivity index (χ2n) is 11.6. The van der Waals surface area contributed by atoms with Crippen molar-refractivity contribution in [3.05, 3.63) is 65.3 Å². The topological polar surface area (TPSA) is 107 Å². The number of esters is 1. The van der Waals surface area contributed by atoms with Gasteiger partial charge in [-0.05, 0) is 59.3 Å². The van der Waals surface area contributed by atoms with Gasteiger partial charge in [0.15, 0.2) is 6.10 Å². The van der Waals surface area contributed by atoms with Crippen molar-refractivity contribution < 1.29 is 30.0 Å². The van der Waals surface area contributed by atoms with Crippen LogP contribution in [0.25, 0.3) is 6.08 Å². The monoisotopic (exact) mass is 480 g/mol. The van der Waals surface area contributed by atoms with E-state index in [9.17, 15) is 25.2 Å². The summed E-state index contributed by atoms with van der Waals surface area (Å²) in [6.45, 7) is 7.70. The molecule has 1 aromatic carbocycles. The van der Waals surface area contributed by atoms with Gasteiger partial charge in [-0.3, -0.25) is 0 Å². The molecule has 4 N–H and O–H groups in total. The van der Waals surface area contributed by atoms with Gasteiger partial charge in [0.05, 0.1) is 18.1 Å². The Hall–Kier alpha value is -2.25. The van der Waals surface area contributed by atoms with E-state index in [4.69, 9.17) is 4.74 Å². The molecule has 5 rings (SSSR count). The van der Waals surface area contributed by atoms with Gasteiger partial charge in [-0.1, -0.05) is 63.3 Å². The number of aliphatic hydroxyl groups excluding tert-OH is 3. The highest BCUT2D eigenvalue weighted by atomic mass is 16.6. The van der Waals surface area contributed by atoms with E-state index in [2.05, 4.69) is 13.8 Å². The molecule has 35 heavy (non-hydrogen) atoms. The van der Waals surface area contributed by atoms with Crippen LogP contribution in [-0.4, -0.2) is 56.9 Å². The average molecular weight is 481 g/mol. The molecule has 188 valence electrons. The zero-order chi connectivity index (χ0) is 25.3. The zero-order valence-electron chi connectivity index (χ0n) is 20.8. The SMILES string of the molecule is CC1=C[C@]23C(O)[C@@H](C=C(CO)[C@@H](O)[C@]2(O)[C@H]1OC(=O)/C=C/c1ccccc1)[C@H]1[C@@H](C[C@H]3C)C1(C)C. The number of benzene rings is 1. The van der Waals surface area contributed by atoms with Crippen molar-refractivity contribution in [3.63, 3.8) is 0 Å². The van der Waals surface area contributed by atoms with Crippen LogP contribution in [0.2, 0.25) is 0 Å². The maximum atomic E-state index is 12.9. The summed E-state index contributed by atoms with van der Waals surface area (Å²) in [7, 11) is 0. The molecule has 4 aliphatic carbocycles. The van der Waals surface area contributed by atoms with Crippen molar-refractivity contribution in [2.24, 2.45) is 34.5 Å². The largest absolute Gasteiger partial charge is 0.451 e. The van der Waals surface area contributed by atoms with Crippen molar-refractivity contribution in [3.8, 4) is 0 Å². The molecule has 0 amide bonds.